The van der Waals surface area contributed by atoms with Gasteiger partial charge in [-0.15, -0.1) is 6.58 Å². The Hall–Kier alpha value is -1.72. The quantitative estimate of drug-likeness (QED) is 0.568. The molecule has 1 N–H and O–H groups in total. The molecule has 0 aliphatic rings. The predicted octanol–water partition coefficient (Wildman–Crippen LogP) is 1.29. The number of carbonyl (C=O) groups excluding carboxylic acids is 2. The third-order valence-corrected chi connectivity index (χ3v) is 1.30. The van der Waals surface area contributed by atoms with Gasteiger partial charge in [0.25, 0.3) is 0 Å². The van der Waals surface area contributed by atoms with Crippen LogP contribution in [-0.4, -0.2) is 37.0 Å². The summed E-state index contributed by atoms with van der Waals surface area (Å²) >= 11 is 0. The number of nitrogens with one attached hydrogen (secondary N) is 1. The monoisotopic (exact) mass is 216 g/mol. The zero-order valence-corrected chi connectivity index (χ0v) is 8.99. The summed E-state index contributed by atoms with van der Waals surface area (Å²) in [5.74, 6) is 0. The fourth-order valence-electron chi connectivity index (χ4n) is 0.770. The molecule has 0 aromatic rings. The van der Waals surface area contributed by atoms with E-state index in [-0.39, 0.29) is 19.8 Å². The van der Waals surface area contributed by atoms with Crippen molar-refractivity contribution in [2.45, 2.75) is 13.8 Å². The molecule has 0 bridgehead atoms. The van der Waals surface area contributed by atoms with E-state index in [2.05, 4.69) is 16.7 Å². The average Bonchev–Trinajstić information content (AvgIpc) is 2.18. The van der Waals surface area contributed by atoms with Gasteiger partial charge in [-0.1, -0.05) is 6.08 Å². The molecule has 15 heavy (non-hydrogen) atoms. The van der Waals surface area contributed by atoms with Gasteiger partial charge in [0.2, 0.25) is 0 Å². The molecule has 0 spiro atoms. The lowest BCUT2D eigenvalue weighted by Crippen LogP contribution is -2.46. The molecule has 0 aliphatic carbocycles. The average molecular weight is 216 g/mol. The summed E-state index contributed by atoms with van der Waals surface area (Å²) in [4.78, 5) is 22.3. The number of ether oxygens (including phenoxy) is 2. The molecule has 0 aromatic heterocycles. The summed E-state index contributed by atoms with van der Waals surface area (Å²) in [5.41, 5.74) is 2.23. The molecule has 0 heterocycles. The molecule has 6 nitrogen and oxygen atoms in total. The number of hydrazine groups is 1. The van der Waals surface area contributed by atoms with Crippen LogP contribution < -0.4 is 5.43 Å². The van der Waals surface area contributed by atoms with Gasteiger partial charge in [0, 0.05) is 0 Å². The van der Waals surface area contributed by atoms with E-state index < -0.39 is 12.2 Å². The van der Waals surface area contributed by atoms with Crippen LogP contribution in [0, 0.1) is 0 Å². The molecule has 2 amide bonds. The Bertz CT molecular complexity index is 230. The van der Waals surface area contributed by atoms with Gasteiger partial charge in [-0.25, -0.2) is 20.0 Å². The summed E-state index contributed by atoms with van der Waals surface area (Å²) in [6.07, 6.45) is 0.112. The van der Waals surface area contributed by atoms with Gasteiger partial charge in [0.1, 0.15) is 0 Å². The topological polar surface area (TPSA) is 67.9 Å². The molecule has 6 heteroatoms. The van der Waals surface area contributed by atoms with E-state index in [1.807, 2.05) is 0 Å². The van der Waals surface area contributed by atoms with Gasteiger partial charge < -0.3 is 9.47 Å². The van der Waals surface area contributed by atoms with Crippen molar-refractivity contribution in [3.8, 4) is 0 Å². The minimum atomic E-state index is -0.701. The highest BCUT2D eigenvalue weighted by Crippen LogP contribution is 1.91. The summed E-state index contributed by atoms with van der Waals surface area (Å²) in [6.45, 7) is 7.41. The number of hydrogen-bond acceptors (Lipinski definition) is 4. The second kappa shape index (κ2) is 7.66. The molecule has 0 aliphatic heterocycles. The Morgan fingerprint density at radius 2 is 1.93 bits per heavy atom. The van der Waals surface area contributed by atoms with Gasteiger partial charge in [-0.3, -0.25) is 0 Å². The second-order valence-electron chi connectivity index (χ2n) is 2.43. The Morgan fingerprint density at radius 3 is 2.40 bits per heavy atom. The molecule has 0 rings (SSSR count). The first-order valence-corrected chi connectivity index (χ1v) is 4.64. The van der Waals surface area contributed by atoms with E-state index in [4.69, 9.17) is 4.74 Å². The molecule has 0 saturated carbocycles. The number of nitrogens with zero attached hydrogens (tertiary/aromatic N) is 1. The number of amides is 2. The molecule has 0 aromatic carbocycles. The lowest BCUT2D eigenvalue weighted by Gasteiger charge is -2.20. The van der Waals surface area contributed by atoms with Crippen LogP contribution in [0.2, 0.25) is 0 Å². The van der Waals surface area contributed by atoms with Crippen molar-refractivity contribution < 1.29 is 19.1 Å². The predicted molar refractivity (Wildman–Crippen MR) is 54.1 cm³/mol. The minimum absolute atomic E-state index is 0.150. The van der Waals surface area contributed by atoms with Gasteiger partial charge >= 0.3 is 12.2 Å². The highest BCUT2D eigenvalue weighted by Gasteiger charge is 2.15. The van der Waals surface area contributed by atoms with Crippen molar-refractivity contribution in [3.63, 3.8) is 0 Å². The third-order valence-electron chi connectivity index (χ3n) is 1.30. The number of hydrogen-bond donors (Lipinski definition) is 1. The van der Waals surface area contributed by atoms with Gasteiger partial charge in [-0.2, -0.15) is 0 Å². The molecule has 86 valence electrons. The Labute approximate surface area is 88.8 Å². The van der Waals surface area contributed by atoms with Crippen molar-refractivity contribution in [1.29, 1.82) is 0 Å². The van der Waals surface area contributed by atoms with E-state index in [0.717, 1.165) is 5.01 Å². The van der Waals surface area contributed by atoms with Crippen molar-refractivity contribution in [3.05, 3.63) is 12.7 Å². The smallest absolute Gasteiger partial charge is 0.429 e. The van der Waals surface area contributed by atoms with Crippen LogP contribution in [0.25, 0.3) is 0 Å². The van der Waals surface area contributed by atoms with E-state index in [9.17, 15) is 9.59 Å². The van der Waals surface area contributed by atoms with E-state index >= 15 is 0 Å². The summed E-state index contributed by atoms with van der Waals surface area (Å²) < 4.78 is 9.32. The number of rotatable bonds is 4. The summed E-state index contributed by atoms with van der Waals surface area (Å²) in [5, 5.41) is 0.981. The molecule has 0 radical (unpaired) electrons. The Morgan fingerprint density at radius 1 is 1.33 bits per heavy atom. The van der Waals surface area contributed by atoms with Crippen molar-refractivity contribution in [2.24, 2.45) is 0 Å². The first kappa shape index (κ1) is 13.3. The fourth-order valence-corrected chi connectivity index (χ4v) is 0.770. The maximum absolute atomic E-state index is 11.3. The second-order valence-corrected chi connectivity index (χ2v) is 2.43. The van der Waals surface area contributed by atoms with Crippen LogP contribution in [0.3, 0.4) is 0 Å². The normalized spacial score (nSPS) is 8.93. The summed E-state index contributed by atoms with van der Waals surface area (Å²) in [6, 6.07) is 0. The van der Waals surface area contributed by atoms with Crippen molar-refractivity contribution >= 4 is 12.2 Å². The standard InChI is InChI=1S/C9H16N2O4/c1-4-7-11(9(13)15-6-3)10-8(12)14-5-2/h4H,1,5-7H2,2-3H3,(H,10,12). The Kier molecular flexibility index (Phi) is 6.78. The highest BCUT2D eigenvalue weighted by atomic mass is 16.6. The van der Waals surface area contributed by atoms with Crippen LogP contribution in [-0.2, 0) is 9.47 Å². The van der Waals surface area contributed by atoms with E-state index in [1.54, 1.807) is 13.8 Å². The molecular weight excluding hydrogens is 200 g/mol. The highest BCUT2D eigenvalue weighted by molar-refractivity contribution is 5.74. The fraction of sp³-hybridized carbons (Fsp3) is 0.556. The van der Waals surface area contributed by atoms with Crippen LogP contribution in [0.4, 0.5) is 9.59 Å². The van der Waals surface area contributed by atoms with Crippen molar-refractivity contribution in [2.75, 3.05) is 19.8 Å². The summed E-state index contributed by atoms with van der Waals surface area (Å²) in [7, 11) is 0. The number of carbonyl (C=O) groups is 2. The SMILES string of the molecule is C=CCN(NC(=O)OCC)C(=O)OCC. The van der Waals surface area contributed by atoms with Gasteiger partial charge in [-0.05, 0) is 13.8 Å². The van der Waals surface area contributed by atoms with Crippen molar-refractivity contribution in [1.82, 2.24) is 10.4 Å². The zero-order valence-electron chi connectivity index (χ0n) is 8.99. The first-order valence-electron chi connectivity index (χ1n) is 4.64. The van der Waals surface area contributed by atoms with Crippen LogP contribution in [0.15, 0.2) is 12.7 Å². The van der Waals surface area contributed by atoms with Crippen LogP contribution in [0.5, 0.6) is 0 Å². The van der Waals surface area contributed by atoms with E-state index in [0.29, 0.717) is 0 Å². The van der Waals surface area contributed by atoms with Gasteiger partial charge in [0.05, 0.1) is 19.8 Å². The molecule has 0 unspecified atom stereocenters. The van der Waals surface area contributed by atoms with Gasteiger partial charge in [0.15, 0.2) is 0 Å². The maximum Gasteiger partial charge on any atom is 0.429 e. The van der Waals surface area contributed by atoms with E-state index in [1.165, 1.54) is 6.08 Å². The largest absolute Gasteiger partial charge is 0.449 e. The lowest BCUT2D eigenvalue weighted by atomic mass is 10.6. The lowest BCUT2D eigenvalue weighted by molar-refractivity contribution is 0.0791. The molecule has 0 fully saturated rings. The minimum Gasteiger partial charge on any atom is -0.449 e. The molecular formula is C9H16N2O4. The van der Waals surface area contributed by atoms with Crippen LogP contribution in [0.1, 0.15) is 13.8 Å². The molecule has 0 atom stereocenters. The Balaban J connectivity index is 4.19. The van der Waals surface area contributed by atoms with Crippen LogP contribution >= 0.6 is 0 Å². The molecule has 0 saturated heterocycles. The third kappa shape index (κ3) is 5.56. The zero-order chi connectivity index (χ0) is 11.7. The first-order chi connectivity index (χ1) is 7.15. The maximum atomic E-state index is 11.3.